The van der Waals surface area contributed by atoms with Crippen molar-refractivity contribution in [3.8, 4) is 0 Å². The van der Waals surface area contributed by atoms with Crippen LogP contribution in [0.2, 0.25) is 10.0 Å². The minimum atomic E-state index is -4.58. The second kappa shape index (κ2) is 8.18. The summed E-state index contributed by atoms with van der Waals surface area (Å²) in [5.41, 5.74) is -1.19. The molecule has 0 atom stereocenters. The average molecular weight is 455 g/mol. The molecule has 0 aliphatic carbocycles. The van der Waals surface area contributed by atoms with Crippen LogP contribution in [0.1, 0.15) is 29.8 Å². The first-order valence-electron chi connectivity index (χ1n) is 7.80. The highest BCUT2D eigenvalue weighted by Crippen LogP contribution is 2.34. The summed E-state index contributed by atoms with van der Waals surface area (Å²) < 4.78 is 64.7. The van der Waals surface area contributed by atoms with Gasteiger partial charge in [-0.2, -0.15) is 13.2 Å². The first-order chi connectivity index (χ1) is 12.8. The van der Waals surface area contributed by atoms with E-state index in [0.29, 0.717) is 6.07 Å². The number of hydrogen-bond acceptors (Lipinski definition) is 3. The zero-order valence-electron chi connectivity index (χ0n) is 14.6. The Balaban J connectivity index is 2.36. The van der Waals surface area contributed by atoms with Gasteiger partial charge in [-0.25, -0.2) is 8.42 Å². The van der Waals surface area contributed by atoms with Crippen LogP contribution in [0.5, 0.6) is 0 Å². The second-order valence-electron chi connectivity index (χ2n) is 6.03. The van der Waals surface area contributed by atoms with Crippen LogP contribution in [0.4, 0.5) is 24.5 Å². The molecule has 1 amide bonds. The molecule has 0 bridgehead atoms. The zero-order valence-corrected chi connectivity index (χ0v) is 16.9. The first kappa shape index (κ1) is 22.3. The third-order valence-electron chi connectivity index (χ3n) is 3.64. The maximum absolute atomic E-state index is 12.7. The molecule has 28 heavy (non-hydrogen) atoms. The Labute approximate surface area is 169 Å². The van der Waals surface area contributed by atoms with Gasteiger partial charge in [-0.3, -0.25) is 9.52 Å². The van der Waals surface area contributed by atoms with Crippen LogP contribution in [0, 0.1) is 0 Å². The summed E-state index contributed by atoms with van der Waals surface area (Å²) in [6.07, 6.45) is -4.58. The minimum absolute atomic E-state index is 0.0290. The number of amides is 1. The Kier molecular flexibility index (Phi) is 6.52. The third-order valence-corrected chi connectivity index (χ3v) is 5.94. The predicted molar refractivity (Wildman–Crippen MR) is 104 cm³/mol. The highest BCUT2D eigenvalue weighted by atomic mass is 35.5. The van der Waals surface area contributed by atoms with Crippen molar-refractivity contribution in [2.24, 2.45) is 0 Å². The highest BCUT2D eigenvalue weighted by molar-refractivity contribution is 7.93. The van der Waals surface area contributed by atoms with Crippen LogP contribution >= 0.6 is 23.2 Å². The maximum atomic E-state index is 12.7. The van der Waals surface area contributed by atoms with Gasteiger partial charge in [0.15, 0.2) is 0 Å². The molecule has 0 aliphatic heterocycles. The van der Waals surface area contributed by atoms with Crippen molar-refractivity contribution in [2.45, 2.75) is 25.3 Å². The number of hydrogen-bond donors (Lipinski definition) is 2. The SMILES string of the molecule is CC(C)S(=O)(=O)Nc1ccc(Cl)cc1C(=O)Nc1ccc(C(F)(F)F)cc1Cl. The minimum Gasteiger partial charge on any atom is -0.321 e. The van der Waals surface area contributed by atoms with Gasteiger partial charge in [0, 0.05) is 5.02 Å². The molecule has 0 heterocycles. The van der Waals surface area contributed by atoms with Crippen LogP contribution in [-0.4, -0.2) is 19.6 Å². The van der Waals surface area contributed by atoms with Gasteiger partial charge in [0.05, 0.1) is 32.8 Å². The van der Waals surface area contributed by atoms with Crippen molar-refractivity contribution < 1.29 is 26.4 Å². The Morgan fingerprint density at radius 3 is 2.18 bits per heavy atom. The molecule has 152 valence electrons. The fraction of sp³-hybridized carbons (Fsp3) is 0.235. The third kappa shape index (κ3) is 5.30. The molecule has 2 N–H and O–H groups in total. The standard InChI is InChI=1S/C17H15Cl2F3N2O3S/c1-9(2)28(26,27)24-14-6-4-11(18)8-12(14)16(25)23-15-5-3-10(7-13(15)19)17(20,21)22/h3-9,24H,1-2H3,(H,23,25). The van der Waals surface area contributed by atoms with E-state index in [9.17, 15) is 26.4 Å². The lowest BCUT2D eigenvalue weighted by Crippen LogP contribution is -2.24. The van der Waals surface area contributed by atoms with Gasteiger partial charge in [0.1, 0.15) is 0 Å². The average Bonchev–Trinajstić information content (AvgIpc) is 2.57. The summed E-state index contributed by atoms with van der Waals surface area (Å²) in [5.74, 6) is -0.800. The molecule has 0 aromatic heterocycles. The number of carbonyl (C=O) groups is 1. The van der Waals surface area contributed by atoms with Crippen molar-refractivity contribution in [2.75, 3.05) is 10.0 Å². The van der Waals surface area contributed by atoms with E-state index in [2.05, 4.69) is 10.0 Å². The van der Waals surface area contributed by atoms with E-state index in [-0.39, 0.29) is 27.0 Å². The number of benzene rings is 2. The summed E-state index contributed by atoms with van der Waals surface area (Å²) in [5, 5.41) is 1.43. The van der Waals surface area contributed by atoms with Crippen LogP contribution in [-0.2, 0) is 16.2 Å². The number of anilines is 2. The zero-order chi connectivity index (χ0) is 21.3. The van der Waals surface area contributed by atoms with E-state index in [0.717, 1.165) is 12.1 Å². The topological polar surface area (TPSA) is 75.3 Å². The van der Waals surface area contributed by atoms with Crippen molar-refractivity contribution in [1.82, 2.24) is 0 Å². The van der Waals surface area contributed by atoms with Gasteiger partial charge in [-0.15, -0.1) is 0 Å². The molecule has 11 heteroatoms. The molecule has 2 aromatic rings. The molecule has 0 spiro atoms. The summed E-state index contributed by atoms with van der Waals surface area (Å²) in [6, 6.07) is 6.38. The van der Waals surface area contributed by atoms with Gasteiger partial charge >= 0.3 is 6.18 Å². The lowest BCUT2D eigenvalue weighted by Gasteiger charge is -2.16. The van der Waals surface area contributed by atoms with E-state index in [4.69, 9.17) is 23.2 Å². The Morgan fingerprint density at radius 2 is 1.64 bits per heavy atom. The monoisotopic (exact) mass is 454 g/mol. The highest BCUT2D eigenvalue weighted by Gasteiger charge is 2.31. The second-order valence-corrected chi connectivity index (χ2v) is 9.11. The van der Waals surface area contributed by atoms with Gasteiger partial charge < -0.3 is 5.32 Å². The van der Waals surface area contributed by atoms with Crippen molar-refractivity contribution in [3.63, 3.8) is 0 Å². The molecule has 5 nitrogen and oxygen atoms in total. The number of rotatable bonds is 5. The summed E-state index contributed by atoms with van der Waals surface area (Å²) in [7, 11) is -3.75. The Bertz CT molecular complexity index is 1010. The van der Waals surface area contributed by atoms with Crippen molar-refractivity contribution in [1.29, 1.82) is 0 Å². The molecule has 0 saturated heterocycles. The van der Waals surface area contributed by atoms with E-state index in [1.165, 1.54) is 32.0 Å². The van der Waals surface area contributed by atoms with Crippen LogP contribution < -0.4 is 10.0 Å². The molecule has 0 unspecified atom stereocenters. The Hall–Kier alpha value is -1.97. The molecule has 0 fully saturated rings. The Morgan fingerprint density at radius 1 is 1.04 bits per heavy atom. The molecule has 0 radical (unpaired) electrons. The molecular weight excluding hydrogens is 440 g/mol. The fourth-order valence-corrected chi connectivity index (χ4v) is 3.17. The van der Waals surface area contributed by atoms with Crippen LogP contribution in [0.15, 0.2) is 36.4 Å². The van der Waals surface area contributed by atoms with Crippen LogP contribution in [0.25, 0.3) is 0 Å². The maximum Gasteiger partial charge on any atom is 0.416 e. The first-order valence-corrected chi connectivity index (χ1v) is 10.1. The largest absolute Gasteiger partial charge is 0.416 e. The van der Waals surface area contributed by atoms with Gasteiger partial charge in [-0.05, 0) is 50.2 Å². The molecule has 2 aromatic carbocycles. The van der Waals surface area contributed by atoms with Gasteiger partial charge in [-0.1, -0.05) is 23.2 Å². The van der Waals surface area contributed by atoms with E-state index >= 15 is 0 Å². The number of alkyl halides is 3. The lowest BCUT2D eigenvalue weighted by molar-refractivity contribution is -0.137. The number of sulfonamides is 1. The van der Waals surface area contributed by atoms with E-state index < -0.39 is 32.9 Å². The quantitative estimate of drug-likeness (QED) is 0.633. The normalized spacial score (nSPS) is 12.1. The molecule has 0 saturated carbocycles. The molecular formula is C17H15Cl2F3N2O3S. The van der Waals surface area contributed by atoms with Gasteiger partial charge in [0.25, 0.3) is 5.91 Å². The van der Waals surface area contributed by atoms with Crippen LogP contribution in [0.3, 0.4) is 0 Å². The summed E-state index contributed by atoms with van der Waals surface area (Å²) in [4.78, 5) is 12.6. The van der Waals surface area contributed by atoms with Gasteiger partial charge in [0.2, 0.25) is 10.0 Å². The van der Waals surface area contributed by atoms with E-state index in [1.807, 2.05) is 0 Å². The van der Waals surface area contributed by atoms with Crippen molar-refractivity contribution >= 4 is 50.5 Å². The van der Waals surface area contributed by atoms with E-state index in [1.54, 1.807) is 0 Å². The number of nitrogens with one attached hydrogen (secondary N) is 2. The summed E-state index contributed by atoms with van der Waals surface area (Å²) in [6.45, 7) is 2.92. The molecule has 0 aliphatic rings. The fourth-order valence-electron chi connectivity index (χ4n) is 2.05. The molecule has 2 rings (SSSR count). The number of carbonyl (C=O) groups excluding carboxylic acids is 1. The number of halogens is 5. The smallest absolute Gasteiger partial charge is 0.321 e. The van der Waals surface area contributed by atoms with Crippen molar-refractivity contribution in [3.05, 3.63) is 57.6 Å². The lowest BCUT2D eigenvalue weighted by atomic mass is 10.1. The predicted octanol–water partition coefficient (Wildman–Crippen LogP) is 5.41. The summed E-state index contributed by atoms with van der Waals surface area (Å²) >= 11 is 11.7.